The van der Waals surface area contributed by atoms with Gasteiger partial charge in [-0.3, -0.25) is 38.4 Å². The van der Waals surface area contributed by atoms with Crippen molar-refractivity contribution in [2.75, 3.05) is 13.2 Å². The maximum absolute atomic E-state index is 13.1. The normalized spacial score (nSPS) is 32.0. The Kier molecular flexibility index (Phi) is 18.7. The molecule has 4 rings (SSSR count). The van der Waals surface area contributed by atoms with Gasteiger partial charge in [0.2, 0.25) is 0 Å². The van der Waals surface area contributed by atoms with Gasteiger partial charge in [0, 0.05) is 55.4 Å². The second-order valence-electron chi connectivity index (χ2n) is 14.8. The first-order valence-corrected chi connectivity index (χ1v) is 20.1. The standard InChI is InChI=1S/C41H52O24/c1-17-29(55-19(3)43)32(58-22(6)46)36(60-24(8)48)40(54-17)65-35-33(30(56-20(4)44)27(62-39(35)51)16-53-38(50)26-13-11-10-12-14-26)64-41-37(61-25(9)49)34(59-23(7)47)31(57-21(5)45)28(63-41)15-52-18(2)42/h10-14,17,27-37,39-41,51H,15-16H2,1-9H3/t17-,27+,28+,29-,30-,31+,32+,33-,34-,35+,36+,37+,39+,40-,41-/m0/s1. The van der Waals surface area contributed by atoms with Gasteiger partial charge in [0.25, 0.3) is 0 Å². The van der Waals surface area contributed by atoms with Crippen LogP contribution in [0.4, 0.5) is 0 Å². The minimum absolute atomic E-state index is 0.105. The molecule has 0 aromatic heterocycles. The fourth-order valence-electron chi connectivity index (χ4n) is 7.17. The maximum Gasteiger partial charge on any atom is 0.338 e. The minimum Gasteiger partial charge on any atom is -0.463 e. The Morgan fingerprint density at radius 1 is 0.446 bits per heavy atom. The number of hydrogen-bond donors (Lipinski definition) is 1. The summed E-state index contributed by atoms with van der Waals surface area (Å²) < 4.78 is 79.9. The quantitative estimate of drug-likeness (QED) is 0.167. The van der Waals surface area contributed by atoms with Crippen molar-refractivity contribution in [1.82, 2.24) is 0 Å². The lowest BCUT2D eigenvalue weighted by atomic mass is 9.95. The van der Waals surface area contributed by atoms with Crippen LogP contribution >= 0.6 is 0 Å². The first-order chi connectivity index (χ1) is 30.6. The zero-order valence-electron chi connectivity index (χ0n) is 36.8. The highest BCUT2D eigenvalue weighted by Gasteiger charge is 2.59. The van der Waals surface area contributed by atoms with Gasteiger partial charge in [0.05, 0.1) is 11.7 Å². The highest BCUT2D eigenvalue weighted by atomic mass is 16.8. The molecule has 15 atom stereocenters. The van der Waals surface area contributed by atoms with Gasteiger partial charge in [-0.15, -0.1) is 0 Å². The molecule has 0 bridgehead atoms. The third-order valence-corrected chi connectivity index (χ3v) is 9.46. The van der Waals surface area contributed by atoms with Crippen LogP contribution in [0.15, 0.2) is 30.3 Å². The summed E-state index contributed by atoms with van der Waals surface area (Å²) in [7, 11) is 0. The van der Waals surface area contributed by atoms with Gasteiger partial charge in [0.15, 0.2) is 61.6 Å². The number of carbonyl (C=O) groups excluding carboxylic acids is 9. The van der Waals surface area contributed by atoms with E-state index in [-0.39, 0.29) is 5.56 Å². The summed E-state index contributed by atoms with van der Waals surface area (Å²) in [5, 5.41) is 11.8. The lowest BCUT2D eigenvalue weighted by molar-refractivity contribution is -0.386. The van der Waals surface area contributed by atoms with Crippen molar-refractivity contribution in [1.29, 1.82) is 0 Å². The van der Waals surface area contributed by atoms with E-state index in [4.69, 9.17) is 66.3 Å². The van der Waals surface area contributed by atoms with E-state index in [1.165, 1.54) is 19.1 Å². The van der Waals surface area contributed by atoms with Crippen molar-refractivity contribution in [3.8, 4) is 0 Å². The number of esters is 9. The molecule has 0 unspecified atom stereocenters. The summed E-state index contributed by atoms with van der Waals surface area (Å²) in [6, 6.07) is 7.68. The number of carbonyl (C=O) groups is 9. The Morgan fingerprint density at radius 3 is 1.32 bits per heavy atom. The molecular formula is C41H52O24. The zero-order chi connectivity index (χ0) is 48.3. The first-order valence-electron chi connectivity index (χ1n) is 20.1. The van der Waals surface area contributed by atoms with E-state index in [1.807, 2.05) is 0 Å². The molecule has 0 radical (unpaired) electrons. The SMILES string of the molecule is CC(=O)OC[C@H]1O[C@@H](O[C@@H]2[C@@H](O[C@@H]3O[C@@H](C)[C@H](OC(C)=O)[C@@H](OC(C)=O)[C@H]3OC(C)=O)[C@H](O)O[C@H](COC(=O)c3ccccc3)[C@@H]2OC(C)=O)[C@H](OC(C)=O)[C@@H](OC(C)=O)[C@@H]1OC(C)=O. The lowest BCUT2D eigenvalue weighted by Crippen LogP contribution is -2.68. The van der Waals surface area contributed by atoms with E-state index in [9.17, 15) is 48.3 Å². The highest BCUT2D eigenvalue weighted by molar-refractivity contribution is 5.89. The molecule has 1 N–H and O–H groups in total. The van der Waals surface area contributed by atoms with Gasteiger partial charge in [-0.25, -0.2) is 4.79 Å². The van der Waals surface area contributed by atoms with E-state index in [2.05, 4.69) is 0 Å². The molecule has 0 aliphatic carbocycles. The number of aliphatic hydroxyl groups is 1. The van der Waals surface area contributed by atoms with Crippen LogP contribution in [0.3, 0.4) is 0 Å². The number of ether oxygens (including phenoxy) is 14. The van der Waals surface area contributed by atoms with Crippen molar-refractivity contribution in [2.45, 2.75) is 154 Å². The number of rotatable bonds is 16. The Hall–Kier alpha value is -5.79. The molecule has 0 amide bonds. The fraction of sp³-hybridized carbons (Fsp3) is 0.634. The highest BCUT2D eigenvalue weighted by Crippen LogP contribution is 2.37. The number of benzene rings is 1. The Bertz CT molecular complexity index is 1890. The van der Waals surface area contributed by atoms with E-state index in [1.54, 1.807) is 18.2 Å². The molecule has 360 valence electrons. The van der Waals surface area contributed by atoms with Crippen molar-refractivity contribution in [3.05, 3.63) is 35.9 Å². The number of hydrogen-bond acceptors (Lipinski definition) is 24. The van der Waals surface area contributed by atoms with Gasteiger partial charge in [0.1, 0.15) is 37.6 Å². The minimum atomic E-state index is -2.20. The summed E-state index contributed by atoms with van der Waals surface area (Å²) >= 11 is 0. The predicted molar refractivity (Wildman–Crippen MR) is 206 cm³/mol. The molecule has 3 heterocycles. The van der Waals surface area contributed by atoms with Crippen LogP contribution in [0.2, 0.25) is 0 Å². The molecule has 24 nitrogen and oxygen atoms in total. The van der Waals surface area contributed by atoms with Gasteiger partial charge in [-0.1, -0.05) is 18.2 Å². The van der Waals surface area contributed by atoms with Crippen molar-refractivity contribution in [3.63, 3.8) is 0 Å². The smallest absolute Gasteiger partial charge is 0.338 e. The monoisotopic (exact) mass is 928 g/mol. The largest absolute Gasteiger partial charge is 0.463 e. The molecule has 3 aliphatic rings. The molecule has 0 spiro atoms. The van der Waals surface area contributed by atoms with Crippen molar-refractivity contribution >= 4 is 53.7 Å². The summed E-state index contributed by atoms with van der Waals surface area (Å²) in [5.74, 6) is -8.33. The lowest BCUT2D eigenvalue weighted by Gasteiger charge is -2.50. The molecule has 1 aromatic rings. The van der Waals surface area contributed by atoms with E-state index >= 15 is 0 Å². The van der Waals surface area contributed by atoms with Crippen LogP contribution in [0.25, 0.3) is 0 Å². The topological polar surface area (TPSA) is 303 Å². The van der Waals surface area contributed by atoms with Crippen LogP contribution in [0.5, 0.6) is 0 Å². The molecule has 24 heteroatoms. The summed E-state index contributed by atoms with van der Waals surface area (Å²) in [5.41, 5.74) is 0.105. The molecular weight excluding hydrogens is 876 g/mol. The van der Waals surface area contributed by atoms with E-state index in [0.29, 0.717) is 0 Å². The maximum atomic E-state index is 13.1. The van der Waals surface area contributed by atoms with Crippen LogP contribution in [-0.2, 0) is 105 Å². The van der Waals surface area contributed by atoms with E-state index < -0.39 is 159 Å². The molecule has 3 saturated heterocycles. The second kappa shape index (κ2) is 23.4. The van der Waals surface area contributed by atoms with Gasteiger partial charge >= 0.3 is 53.7 Å². The van der Waals surface area contributed by atoms with Gasteiger partial charge in [-0.05, 0) is 19.1 Å². The van der Waals surface area contributed by atoms with Crippen LogP contribution in [0.1, 0.15) is 72.7 Å². The second-order valence-corrected chi connectivity index (χ2v) is 14.8. The Labute approximate surface area is 371 Å². The molecule has 1 aromatic carbocycles. The Balaban J connectivity index is 1.89. The fourth-order valence-corrected chi connectivity index (χ4v) is 7.17. The van der Waals surface area contributed by atoms with Crippen LogP contribution in [0, 0.1) is 0 Å². The van der Waals surface area contributed by atoms with Crippen molar-refractivity contribution in [2.24, 2.45) is 0 Å². The van der Waals surface area contributed by atoms with Crippen LogP contribution in [-0.4, -0.2) is 164 Å². The average Bonchev–Trinajstić information content (AvgIpc) is 3.19. The third-order valence-electron chi connectivity index (χ3n) is 9.46. The average molecular weight is 929 g/mol. The number of aliphatic hydroxyl groups excluding tert-OH is 1. The predicted octanol–water partition coefficient (Wildman–Crippen LogP) is -0.114. The molecule has 0 saturated carbocycles. The van der Waals surface area contributed by atoms with Crippen LogP contribution < -0.4 is 0 Å². The van der Waals surface area contributed by atoms with Crippen molar-refractivity contribution < 1.29 is 115 Å². The Morgan fingerprint density at radius 2 is 0.831 bits per heavy atom. The first kappa shape index (κ1) is 51.8. The van der Waals surface area contributed by atoms with E-state index in [0.717, 1.165) is 55.4 Å². The van der Waals surface area contributed by atoms with Gasteiger partial charge in [-0.2, -0.15) is 0 Å². The molecule has 3 aliphatic heterocycles. The third kappa shape index (κ3) is 14.6. The summed E-state index contributed by atoms with van der Waals surface area (Å²) in [6.07, 6.45) is -26.2. The summed E-state index contributed by atoms with van der Waals surface area (Å²) in [6.45, 7) is 8.06. The zero-order valence-corrected chi connectivity index (χ0v) is 36.8. The molecule has 65 heavy (non-hydrogen) atoms. The molecule has 3 fully saturated rings. The summed E-state index contributed by atoms with van der Waals surface area (Å²) in [4.78, 5) is 113. The van der Waals surface area contributed by atoms with Gasteiger partial charge < -0.3 is 71.4 Å².